The third-order valence-electron chi connectivity index (χ3n) is 3.29. The molecule has 1 saturated heterocycles. The van der Waals surface area contributed by atoms with Gasteiger partial charge in [0.05, 0.1) is 6.04 Å². The van der Waals surface area contributed by atoms with Crippen molar-refractivity contribution in [1.29, 1.82) is 0 Å². The SMILES string of the molecule is Cc1ccc(C(C)(C)C)cc1C1CNC(=O)N1. The maximum Gasteiger partial charge on any atom is 0.315 e. The van der Waals surface area contributed by atoms with Gasteiger partial charge in [0, 0.05) is 6.54 Å². The maximum absolute atomic E-state index is 11.2. The number of carbonyl (C=O) groups excluding carboxylic acids is 1. The molecule has 1 aliphatic rings. The molecule has 3 nitrogen and oxygen atoms in total. The van der Waals surface area contributed by atoms with Crippen molar-refractivity contribution in [2.45, 2.75) is 39.2 Å². The zero-order chi connectivity index (χ0) is 12.6. The Labute approximate surface area is 103 Å². The van der Waals surface area contributed by atoms with Crippen LogP contribution in [0.5, 0.6) is 0 Å². The zero-order valence-corrected chi connectivity index (χ0v) is 10.9. The third-order valence-corrected chi connectivity index (χ3v) is 3.29. The predicted molar refractivity (Wildman–Crippen MR) is 69.2 cm³/mol. The summed E-state index contributed by atoms with van der Waals surface area (Å²) >= 11 is 0. The average molecular weight is 232 g/mol. The van der Waals surface area contributed by atoms with E-state index in [1.165, 1.54) is 16.7 Å². The first kappa shape index (κ1) is 12.0. The minimum atomic E-state index is -0.0736. The topological polar surface area (TPSA) is 41.1 Å². The summed E-state index contributed by atoms with van der Waals surface area (Å²) in [7, 11) is 0. The van der Waals surface area contributed by atoms with E-state index in [9.17, 15) is 4.79 Å². The highest BCUT2D eigenvalue weighted by Gasteiger charge is 2.24. The van der Waals surface area contributed by atoms with Crippen LogP contribution in [-0.4, -0.2) is 12.6 Å². The molecule has 1 aromatic rings. The molecule has 1 aliphatic heterocycles. The Bertz CT molecular complexity index is 446. The fourth-order valence-electron chi connectivity index (χ4n) is 2.13. The van der Waals surface area contributed by atoms with Crippen LogP contribution in [0.25, 0.3) is 0 Å². The Kier molecular flexibility index (Phi) is 2.86. The highest BCUT2D eigenvalue weighted by molar-refractivity contribution is 5.77. The van der Waals surface area contributed by atoms with Crippen LogP contribution in [0.15, 0.2) is 18.2 Å². The lowest BCUT2D eigenvalue weighted by Crippen LogP contribution is -2.22. The summed E-state index contributed by atoms with van der Waals surface area (Å²) < 4.78 is 0. The molecular formula is C14H20N2O. The standard InChI is InChI=1S/C14H20N2O/c1-9-5-6-10(14(2,3)4)7-11(9)12-8-15-13(17)16-12/h5-7,12H,8H2,1-4H3,(H2,15,16,17). The van der Waals surface area contributed by atoms with Gasteiger partial charge >= 0.3 is 6.03 Å². The molecule has 92 valence electrons. The molecule has 17 heavy (non-hydrogen) atoms. The summed E-state index contributed by atoms with van der Waals surface area (Å²) in [6.07, 6.45) is 0. The number of amides is 2. The Hall–Kier alpha value is -1.51. The van der Waals surface area contributed by atoms with E-state index in [0.29, 0.717) is 6.54 Å². The van der Waals surface area contributed by atoms with Crippen LogP contribution in [0.1, 0.15) is 43.5 Å². The zero-order valence-electron chi connectivity index (χ0n) is 10.9. The highest BCUT2D eigenvalue weighted by atomic mass is 16.2. The summed E-state index contributed by atoms with van der Waals surface area (Å²) in [5, 5.41) is 5.74. The highest BCUT2D eigenvalue weighted by Crippen LogP contribution is 2.27. The molecular weight excluding hydrogens is 212 g/mol. The van der Waals surface area contributed by atoms with Gasteiger partial charge in [-0.25, -0.2) is 4.79 Å². The lowest BCUT2D eigenvalue weighted by molar-refractivity contribution is 0.247. The molecule has 0 radical (unpaired) electrons. The molecule has 0 bridgehead atoms. The second kappa shape index (κ2) is 4.06. The van der Waals surface area contributed by atoms with Gasteiger partial charge in [-0.15, -0.1) is 0 Å². The molecule has 3 heteroatoms. The van der Waals surface area contributed by atoms with E-state index in [-0.39, 0.29) is 17.5 Å². The second-order valence-electron chi connectivity index (χ2n) is 5.73. The van der Waals surface area contributed by atoms with E-state index < -0.39 is 0 Å². The molecule has 1 fully saturated rings. The third kappa shape index (κ3) is 2.43. The van der Waals surface area contributed by atoms with Crippen molar-refractivity contribution in [2.24, 2.45) is 0 Å². The first-order chi connectivity index (χ1) is 7.88. The van der Waals surface area contributed by atoms with Crippen molar-refractivity contribution < 1.29 is 4.79 Å². The van der Waals surface area contributed by atoms with Gasteiger partial charge in [-0.05, 0) is 29.0 Å². The van der Waals surface area contributed by atoms with Crippen molar-refractivity contribution in [3.8, 4) is 0 Å². The smallest absolute Gasteiger partial charge is 0.315 e. The largest absolute Gasteiger partial charge is 0.336 e. The van der Waals surface area contributed by atoms with Crippen LogP contribution >= 0.6 is 0 Å². The van der Waals surface area contributed by atoms with E-state index >= 15 is 0 Å². The van der Waals surface area contributed by atoms with E-state index in [1.807, 2.05) is 0 Å². The van der Waals surface area contributed by atoms with Gasteiger partial charge in [-0.1, -0.05) is 39.0 Å². The van der Waals surface area contributed by atoms with Gasteiger partial charge in [0.1, 0.15) is 0 Å². The van der Waals surface area contributed by atoms with Gasteiger partial charge < -0.3 is 10.6 Å². The fourth-order valence-corrected chi connectivity index (χ4v) is 2.13. The average Bonchev–Trinajstić information content (AvgIpc) is 2.63. The van der Waals surface area contributed by atoms with Crippen LogP contribution in [0, 0.1) is 6.92 Å². The molecule has 1 atom stereocenters. The van der Waals surface area contributed by atoms with Crippen LogP contribution in [-0.2, 0) is 5.41 Å². The van der Waals surface area contributed by atoms with E-state index in [4.69, 9.17) is 0 Å². The van der Waals surface area contributed by atoms with Crippen molar-refractivity contribution in [1.82, 2.24) is 10.6 Å². The Balaban J connectivity index is 2.36. The minimum Gasteiger partial charge on any atom is -0.336 e. The van der Waals surface area contributed by atoms with Gasteiger partial charge in [-0.2, -0.15) is 0 Å². The normalized spacial score (nSPS) is 20.0. The quantitative estimate of drug-likeness (QED) is 0.768. The van der Waals surface area contributed by atoms with Gasteiger partial charge in [0.25, 0.3) is 0 Å². The monoisotopic (exact) mass is 232 g/mol. The molecule has 0 aliphatic carbocycles. The fraction of sp³-hybridized carbons (Fsp3) is 0.500. The number of urea groups is 1. The van der Waals surface area contributed by atoms with Crippen molar-refractivity contribution in [2.75, 3.05) is 6.54 Å². The summed E-state index contributed by atoms with van der Waals surface area (Å²) in [4.78, 5) is 11.2. The summed E-state index contributed by atoms with van der Waals surface area (Å²) in [5.41, 5.74) is 3.89. The minimum absolute atomic E-state index is 0.0736. The molecule has 0 spiro atoms. The Morgan fingerprint density at radius 3 is 2.53 bits per heavy atom. The summed E-state index contributed by atoms with van der Waals surface area (Å²) in [5.74, 6) is 0. The second-order valence-corrected chi connectivity index (χ2v) is 5.73. The maximum atomic E-state index is 11.2. The number of hydrogen-bond donors (Lipinski definition) is 2. The molecule has 0 aromatic heterocycles. The van der Waals surface area contributed by atoms with Gasteiger partial charge in [0.15, 0.2) is 0 Å². The summed E-state index contributed by atoms with van der Waals surface area (Å²) in [6, 6.07) is 6.55. The van der Waals surface area contributed by atoms with Crippen LogP contribution < -0.4 is 10.6 Å². The van der Waals surface area contributed by atoms with Crippen LogP contribution in [0.2, 0.25) is 0 Å². The Morgan fingerprint density at radius 2 is 2.00 bits per heavy atom. The molecule has 2 rings (SSSR count). The number of benzene rings is 1. The molecule has 1 heterocycles. The van der Waals surface area contributed by atoms with Crippen LogP contribution in [0.4, 0.5) is 4.79 Å². The number of aryl methyl sites for hydroxylation is 1. The number of carbonyl (C=O) groups is 1. The van der Waals surface area contributed by atoms with Gasteiger partial charge in [0.2, 0.25) is 0 Å². The van der Waals surface area contributed by atoms with Crippen molar-refractivity contribution in [3.05, 3.63) is 34.9 Å². The number of rotatable bonds is 1. The Morgan fingerprint density at radius 1 is 1.29 bits per heavy atom. The van der Waals surface area contributed by atoms with E-state index in [1.54, 1.807) is 0 Å². The molecule has 2 N–H and O–H groups in total. The predicted octanol–water partition coefficient (Wildman–Crippen LogP) is 2.65. The van der Waals surface area contributed by atoms with Gasteiger partial charge in [-0.3, -0.25) is 0 Å². The van der Waals surface area contributed by atoms with E-state index in [0.717, 1.165) is 0 Å². The molecule has 0 saturated carbocycles. The lowest BCUT2D eigenvalue weighted by Gasteiger charge is -2.22. The molecule has 1 unspecified atom stereocenters. The number of hydrogen-bond acceptors (Lipinski definition) is 1. The molecule has 2 amide bonds. The van der Waals surface area contributed by atoms with Crippen LogP contribution in [0.3, 0.4) is 0 Å². The number of nitrogens with one attached hydrogen (secondary N) is 2. The van der Waals surface area contributed by atoms with Crippen molar-refractivity contribution in [3.63, 3.8) is 0 Å². The first-order valence-electron chi connectivity index (χ1n) is 6.03. The van der Waals surface area contributed by atoms with Crippen molar-refractivity contribution >= 4 is 6.03 Å². The first-order valence-corrected chi connectivity index (χ1v) is 6.03. The molecule has 1 aromatic carbocycles. The summed E-state index contributed by atoms with van der Waals surface area (Å²) in [6.45, 7) is 9.37. The van der Waals surface area contributed by atoms with E-state index in [2.05, 4.69) is 56.5 Å². The lowest BCUT2D eigenvalue weighted by atomic mass is 9.84.